The molecule has 2 unspecified atom stereocenters. The molecule has 0 spiro atoms. The van der Waals surface area contributed by atoms with Crippen molar-refractivity contribution in [3.8, 4) is 11.4 Å². The molecular weight excluding hydrogens is 396 g/mol. The predicted octanol–water partition coefficient (Wildman–Crippen LogP) is 3.43. The molecule has 0 saturated carbocycles. The summed E-state index contributed by atoms with van der Waals surface area (Å²) in [5.41, 5.74) is 0.802. The van der Waals surface area contributed by atoms with Gasteiger partial charge in [0.1, 0.15) is 0 Å². The number of likely N-dealkylation sites (N-methyl/N-ethyl adjacent to an activating group) is 1. The quantitative estimate of drug-likeness (QED) is 0.606. The number of nitrogens with one attached hydrogen (secondary N) is 1. The lowest BCUT2D eigenvalue weighted by Gasteiger charge is -2.24. The van der Waals surface area contributed by atoms with Crippen LogP contribution >= 0.6 is 22.9 Å². The minimum Gasteiger partial charge on any atom is -0.352 e. The van der Waals surface area contributed by atoms with E-state index in [-0.39, 0.29) is 11.9 Å². The molecule has 9 heteroatoms. The van der Waals surface area contributed by atoms with E-state index in [1.54, 1.807) is 23.5 Å². The molecule has 28 heavy (non-hydrogen) atoms. The second-order valence-corrected chi connectivity index (χ2v) is 8.02. The summed E-state index contributed by atoms with van der Waals surface area (Å²) < 4.78 is 0. The number of benzene rings is 1. The zero-order valence-electron chi connectivity index (χ0n) is 16.0. The Morgan fingerprint density at radius 3 is 2.64 bits per heavy atom. The smallest absolute Gasteiger partial charge is 0.246 e. The Kier molecular flexibility index (Phi) is 6.77. The molecule has 2 heterocycles. The van der Waals surface area contributed by atoms with Crippen LogP contribution in [0.2, 0.25) is 5.02 Å². The van der Waals surface area contributed by atoms with Crippen molar-refractivity contribution in [2.24, 2.45) is 0 Å². The van der Waals surface area contributed by atoms with Gasteiger partial charge >= 0.3 is 0 Å². The average Bonchev–Trinajstić information content (AvgIpc) is 3.35. The lowest BCUT2D eigenvalue weighted by Crippen LogP contribution is -2.38. The summed E-state index contributed by atoms with van der Waals surface area (Å²) in [6.45, 7) is 2.44. The van der Waals surface area contributed by atoms with Crippen LogP contribution in [0.5, 0.6) is 0 Å². The molecule has 0 aliphatic carbocycles. The third kappa shape index (κ3) is 4.76. The first-order valence-corrected chi connectivity index (χ1v) is 10.3. The van der Waals surface area contributed by atoms with E-state index >= 15 is 0 Å². The SMILES string of the molecule is CCC(C(=O)NCC(c1cccs1)N(C)C)n1nnc(-c2ccc(Cl)cc2)n1. The molecule has 2 aromatic heterocycles. The van der Waals surface area contributed by atoms with Gasteiger partial charge in [-0.3, -0.25) is 4.79 Å². The highest BCUT2D eigenvalue weighted by Crippen LogP contribution is 2.23. The Hall–Kier alpha value is -2.29. The summed E-state index contributed by atoms with van der Waals surface area (Å²) in [4.78, 5) is 17.5. The van der Waals surface area contributed by atoms with Gasteiger partial charge in [0.05, 0.1) is 6.04 Å². The Morgan fingerprint density at radius 2 is 2.04 bits per heavy atom. The molecule has 2 atom stereocenters. The Balaban J connectivity index is 1.69. The number of carbonyl (C=O) groups excluding carboxylic acids is 1. The van der Waals surface area contributed by atoms with Gasteiger partial charge in [-0.05, 0) is 61.4 Å². The molecule has 3 aromatic rings. The number of nitrogens with zero attached hydrogens (tertiary/aromatic N) is 5. The van der Waals surface area contributed by atoms with E-state index in [0.717, 1.165) is 5.56 Å². The predicted molar refractivity (Wildman–Crippen MR) is 111 cm³/mol. The maximum absolute atomic E-state index is 12.8. The molecule has 3 rings (SSSR count). The summed E-state index contributed by atoms with van der Waals surface area (Å²) in [6, 6.07) is 10.9. The number of hydrogen-bond acceptors (Lipinski definition) is 6. The van der Waals surface area contributed by atoms with Crippen LogP contribution in [0.25, 0.3) is 11.4 Å². The molecule has 0 bridgehead atoms. The number of rotatable bonds is 8. The van der Waals surface area contributed by atoms with Crippen LogP contribution in [-0.4, -0.2) is 51.7 Å². The number of thiophene rings is 1. The second-order valence-electron chi connectivity index (χ2n) is 6.60. The standard InChI is InChI=1S/C19H23ClN6OS/c1-4-15(19(27)21-12-16(25(2)3)17-6-5-11-28-17)26-23-18(22-24-26)13-7-9-14(20)10-8-13/h5-11,15-16H,4,12H2,1-3H3,(H,21,27). The third-order valence-electron chi connectivity index (χ3n) is 4.46. The Bertz CT molecular complexity index is 894. The number of aromatic nitrogens is 4. The van der Waals surface area contributed by atoms with E-state index in [4.69, 9.17) is 11.6 Å². The largest absolute Gasteiger partial charge is 0.352 e. The highest BCUT2D eigenvalue weighted by atomic mass is 35.5. The van der Waals surface area contributed by atoms with Crippen LogP contribution in [0.3, 0.4) is 0 Å². The second kappa shape index (κ2) is 9.27. The topological polar surface area (TPSA) is 75.9 Å². The lowest BCUT2D eigenvalue weighted by molar-refractivity contribution is -0.125. The normalized spacial score (nSPS) is 13.5. The van der Waals surface area contributed by atoms with Crippen molar-refractivity contribution in [1.29, 1.82) is 0 Å². The van der Waals surface area contributed by atoms with Gasteiger partial charge < -0.3 is 10.2 Å². The average molecular weight is 419 g/mol. The van der Waals surface area contributed by atoms with Crippen molar-refractivity contribution in [3.63, 3.8) is 0 Å². The van der Waals surface area contributed by atoms with Crippen LogP contribution in [0.15, 0.2) is 41.8 Å². The van der Waals surface area contributed by atoms with Crippen LogP contribution in [0, 0.1) is 0 Å². The zero-order chi connectivity index (χ0) is 20.1. The number of amides is 1. The maximum Gasteiger partial charge on any atom is 0.246 e. The maximum atomic E-state index is 12.8. The van der Waals surface area contributed by atoms with Crippen molar-refractivity contribution in [2.45, 2.75) is 25.4 Å². The molecule has 7 nitrogen and oxygen atoms in total. The molecule has 1 aromatic carbocycles. The minimum atomic E-state index is -0.514. The van der Waals surface area contributed by atoms with Crippen LogP contribution in [0.1, 0.15) is 30.3 Å². The fraction of sp³-hybridized carbons (Fsp3) is 0.368. The first kappa shape index (κ1) is 20.4. The van der Waals surface area contributed by atoms with E-state index in [2.05, 4.69) is 31.7 Å². The van der Waals surface area contributed by atoms with Gasteiger partial charge in [0.2, 0.25) is 11.7 Å². The molecule has 0 radical (unpaired) electrons. The molecule has 0 aliphatic rings. The Labute approximate surface area is 173 Å². The van der Waals surface area contributed by atoms with E-state index in [9.17, 15) is 4.79 Å². The van der Waals surface area contributed by atoms with E-state index < -0.39 is 6.04 Å². The third-order valence-corrected chi connectivity index (χ3v) is 5.69. The van der Waals surface area contributed by atoms with Crippen LogP contribution in [-0.2, 0) is 4.79 Å². The van der Waals surface area contributed by atoms with E-state index in [1.807, 2.05) is 44.6 Å². The summed E-state index contributed by atoms with van der Waals surface area (Å²) in [6.07, 6.45) is 0.563. The van der Waals surface area contributed by atoms with E-state index in [0.29, 0.717) is 23.8 Å². The fourth-order valence-corrected chi connectivity index (χ4v) is 3.91. The first-order valence-electron chi connectivity index (χ1n) is 9.02. The van der Waals surface area contributed by atoms with Crippen molar-refractivity contribution in [2.75, 3.05) is 20.6 Å². The van der Waals surface area contributed by atoms with Gasteiger partial charge in [-0.25, -0.2) is 0 Å². The highest BCUT2D eigenvalue weighted by Gasteiger charge is 2.24. The molecule has 1 amide bonds. The van der Waals surface area contributed by atoms with Crippen molar-refractivity contribution in [3.05, 3.63) is 51.7 Å². The monoisotopic (exact) mass is 418 g/mol. The molecule has 148 valence electrons. The van der Waals surface area contributed by atoms with Gasteiger partial charge in [-0.15, -0.1) is 21.5 Å². The van der Waals surface area contributed by atoms with Crippen molar-refractivity contribution in [1.82, 2.24) is 30.4 Å². The molecule has 0 aliphatic heterocycles. The molecule has 1 N–H and O–H groups in total. The van der Waals surface area contributed by atoms with Gasteiger partial charge in [-0.1, -0.05) is 24.6 Å². The van der Waals surface area contributed by atoms with Gasteiger partial charge in [-0.2, -0.15) is 4.80 Å². The number of carbonyl (C=O) groups is 1. The van der Waals surface area contributed by atoms with Gasteiger partial charge in [0, 0.05) is 22.0 Å². The summed E-state index contributed by atoms with van der Waals surface area (Å²) in [5, 5.41) is 18.3. The van der Waals surface area contributed by atoms with Crippen molar-refractivity contribution >= 4 is 28.8 Å². The highest BCUT2D eigenvalue weighted by molar-refractivity contribution is 7.10. The zero-order valence-corrected chi connectivity index (χ0v) is 17.6. The summed E-state index contributed by atoms with van der Waals surface area (Å²) in [7, 11) is 4.01. The van der Waals surface area contributed by atoms with E-state index in [1.165, 1.54) is 9.67 Å². The molecule has 0 fully saturated rings. The number of halogens is 1. The van der Waals surface area contributed by atoms with Gasteiger partial charge in [0.15, 0.2) is 6.04 Å². The van der Waals surface area contributed by atoms with Crippen LogP contribution < -0.4 is 5.32 Å². The fourth-order valence-electron chi connectivity index (χ4n) is 2.86. The summed E-state index contributed by atoms with van der Waals surface area (Å²) in [5.74, 6) is 0.346. The lowest BCUT2D eigenvalue weighted by atomic mass is 10.2. The van der Waals surface area contributed by atoms with Crippen LogP contribution in [0.4, 0.5) is 0 Å². The molecular formula is C19H23ClN6OS. The first-order chi connectivity index (χ1) is 13.5. The van der Waals surface area contributed by atoms with Gasteiger partial charge in [0.25, 0.3) is 0 Å². The Morgan fingerprint density at radius 1 is 1.29 bits per heavy atom. The number of tetrazole rings is 1. The van der Waals surface area contributed by atoms with Crippen molar-refractivity contribution < 1.29 is 4.79 Å². The number of hydrogen-bond donors (Lipinski definition) is 1. The summed E-state index contributed by atoms with van der Waals surface area (Å²) >= 11 is 7.60. The molecule has 0 saturated heterocycles. The minimum absolute atomic E-state index is 0.119.